The molecule has 0 aliphatic carbocycles. The molecule has 1 amide bonds. The van der Waals surface area contributed by atoms with Crippen molar-refractivity contribution in [2.75, 3.05) is 13.2 Å². The van der Waals surface area contributed by atoms with Crippen LogP contribution in [0.2, 0.25) is 0 Å². The van der Waals surface area contributed by atoms with E-state index in [-0.39, 0.29) is 11.8 Å². The smallest absolute Gasteiger partial charge is 0.270 e. The van der Waals surface area contributed by atoms with E-state index in [0.717, 1.165) is 17.9 Å². The predicted molar refractivity (Wildman–Crippen MR) is 83.0 cm³/mol. The monoisotopic (exact) mass is 297 g/mol. The molecule has 2 aromatic rings. The Morgan fingerprint density at radius 2 is 2.14 bits per heavy atom. The summed E-state index contributed by atoms with van der Waals surface area (Å²) in [6, 6.07) is 9.74. The van der Waals surface area contributed by atoms with Crippen LogP contribution in [0.1, 0.15) is 27.6 Å². The van der Waals surface area contributed by atoms with Gasteiger partial charge in [-0.15, -0.1) is 0 Å². The van der Waals surface area contributed by atoms with E-state index in [9.17, 15) is 4.79 Å². The van der Waals surface area contributed by atoms with Crippen molar-refractivity contribution in [2.24, 2.45) is 5.92 Å². The van der Waals surface area contributed by atoms with Crippen molar-refractivity contribution in [3.63, 3.8) is 0 Å². The highest BCUT2D eigenvalue weighted by Gasteiger charge is 2.20. The van der Waals surface area contributed by atoms with Gasteiger partial charge in [0.1, 0.15) is 17.3 Å². The highest BCUT2D eigenvalue weighted by atomic mass is 16.5. The first-order chi connectivity index (χ1) is 10.6. The molecule has 1 atom stereocenters. The second-order valence-electron chi connectivity index (χ2n) is 5.64. The molecule has 3 rings (SSSR count). The predicted octanol–water partition coefficient (Wildman–Crippen LogP) is 2.07. The maximum atomic E-state index is 12.2. The molecule has 1 aliphatic rings. The van der Waals surface area contributed by atoms with Crippen LogP contribution >= 0.6 is 0 Å². The number of carbonyl (C=O) groups excluding carboxylic acids is 1. The number of benzene rings is 1. The zero-order valence-electron chi connectivity index (χ0n) is 12.8. The second kappa shape index (κ2) is 6.13. The number of amides is 1. The SMILES string of the molecule is Cc1cc(C(=O)NCC2COc3ccccc3C2)nc(C)n1. The van der Waals surface area contributed by atoms with Crippen molar-refractivity contribution >= 4 is 5.91 Å². The van der Waals surface area contributed by atoms with Crippen LogP contribution < -0.4 is 10.1 Å². The Kier molecular flexibility index (Phi) is 4.04. The van der Waals surface area contributed by atoms with Crippen molar-refractivity contribution in [3.8, 4) is 5.75 Å². The van der Waals surface area contributed by atoms with Gasteiger partial charge in [0.15, 0.2) is 0 Å². The second-order valence-corrected chi connectivity index (χ2v) is 5.64. The number of nitrogens with zero attached hydrogens (tertiary/aromatic N) is 2. The number of hydrogen-bond acceptors (Lipinski definition) is 4. The van der Waals surface area contributed by atoms with Gasteiger partial charge in [-0.05, 0) is 38.0 Å². The van der Waals surface area contributed by atoms with Crippen LogP contribution in [-0.2, 0) is 6.42 Å². The minimum absolute atomic E-state index is 0.160. The van der Waals surface area contributed by atoms with Gasteiger partial charge in [-0.1, -0.05) is 18.2 Å². The highest BCUT2D eigenvalue weighted by Crippen LogP contribution is 2.26. The average Bonchev–Trinajstić information content (AvgIpc) is 2.51. The quantitative estimate of drug-likeness (QED) is 0.942. The first-order valence-corrected chi connectivity index (χ1v) is 7.43. The topological polar surface area (TPSA) is 64.1 Å². The summed E-state index contributed by atoms with van der Waals surface area (Å²) in [5, 5.41) is 2.94. The number of aromatic nitrogens is 2. The van der Waals surface area contributed by atoms with Crippen LogP contribution in [0.3, 0.4) is 0 Å². The third kappa shape index (κ3) is 3.24. The molecule has 1 N–H and O–H groups in total. The van der Waals surface area contributed by atoms with Crippen LogP contribution in [0, 0.1) is 19.8 Å². The van der Waals surface area contributed by atoms with Gasteiger partial charge in [0.2, 0.25) is 0 Å². The molecule has 0 saturated heterocycles. The lowest BCUT2D eigenvalue weighted by molar-refractivity contribution is 0.0933. The maximum Gasteiger partial charge on any atom is 0.270 e. The molecule has 0 radical (unpaired) electrons. The largest absolute Gasteiger partial charge is 0.493 e. The molecule has 1 aliphatic heterocycles. The molecule has 5 nitrogen and oxygen atoms in total. The van der Waals surface area contributed by atoms with Crippen LogP contribution in [-0.4, -0.2) is 29.0 Å². The van der Waals surface area contributed by atoms with Crippen molar-refractivity contribution in [1.82, 2.24) is 15.3 Å². The molecule has 1 aromatic heterocycles. The average molecular weight is 297 g/mol. The number of fused-ring (bicyclic) bond motifs is 1. The number of ether oxygens (including phenoxy) is 1. The van der Waals surface area contributed by atoms with Gasteiger partial charge in [0.05, 0.1) is 6.61 Å². The summed E-state index contributed by atoms with van der Waals surface area (Å²) in [6.45, 7) is 4.85. The van der Waals surface area contributed by atoms with Gasteiger partial charge in [0, 0.05) is 18.2 Å². The van der Waals surface area contributed by atoms with Crippen molar-refractivity contribution < 1.29 is 9.53 Å². The first kappa shape index (κ1) is 14.5. The molecule has 1 unspecified atom stereocenters. The molecule has 114 valence electrons. The minimum Gasteiger partial charge on any atom is -0.493 e. The Morgan fingerprint density at radius 3 is 2.95 bits per heavy atom. The molecular weight excluding hydrogens is 278 g/mol. The normalized spacial score (nSPS) is 16.5. The standard InChI is InChI=1S/C17H19N3O2/c1-11-7-15(20-12(2)19-11)17(21)18-9-13-8-14-5-3-4-6-16(14)22-10-13/h3-7,13H,8-10H2,1-2H3,(H,18,21). The zero-order valence-corrected chi connectivity index (χ0v) is 12.8. The van der Waals surface area contributed by atoms with Gasteiger partial charge in [-0.25, -0.2) is 9.97 Å². The summed E-state index contributed by atoms with van der Waals surface area (Å²) in [6.07, 6.45) is 0.915. The van der Waals surface area contributed by atoms with Gasteiger partial charge in [0.25, 0.3) is 5.91 Å². The van der Waals surface area contributed by atoms with Gasteiger partial charge in [-0.2, -0.15) is 0 Å². The lowest BCUT2D eigenvalue weighted by Crippen LogP contribution is -2.35. The molecule has 0 fully saturated rings. The Morgan fingerprint density at radius 1 is 1.32 bits per heavy atom. The minimum atomic E-state index is -0.160. The van der Waals surface area contributed by atoms with Gasteiger partial charge >= 0.3 is 0 Å². The van der Waals surface area contributed by atoms with E-state index in [0.29, 0.717) is 24.7 Å². The number of carbonyl (C=O) groups is 1. The molecule has 5 heteroatoms. The van der Waals surface area contributed by atoms with Crippen LogP contribution in [0.25, 0.3) is 0 Å². The van der Waals surface area contributed by atoms with E-state index in [2.05, 4.69) is 21.4 Å². The highest BCUT2D eigenvalue weighted by molar-refractivity contribution is 5.92. The number of aryl methyl sites for hydroxylation is 2. The fraction of sp³-hybridized carbons (Fsp3) is 0.353. The molecule has 1 aromatic carbocycles. The molecule has 0 bridgehead atoms. The molecule has 2 heterocycles. The molecule has 0 spiro atoms. The van der Waals surface area contributed by atoms with E-state index in [4.69, 9.17) is 4.74 Å². The molecule has 22 heavy (non-hydrogen) atoms. The van der Waals surface area contributed by atoms with Crippen LogP contribution in [0.5, 0.6) is 5.75 Å². The third-order valence-corrected chi connectivity index (χ3v) is 3.71. The van der Waals surface area contributed by atoms with Gasteiger partial charge < -0.3 is 10.1 Å². The van der Waals surface area contributed by atoms with E-state index in [1.165, 1.54) is 5.56 Å². The zero-order chi connectivity index (χ0) is 15.5. The summed E-state index contributed by atoms with van der Waals surface area (Å²) >= 11 is 0. The number of hydrogen-bond donors (Lipinski definition) is 1. The lowest BCUT2D eigenvalue weighted by Gasteiger charge is -2.25. The Hall–Kier alpha value is -2.43. The van der Waals surface area contributed by atoms with Crippen molar-refractivity contribution in [2.45, 2.75) is 20.3 Å². The van der Waals surface area contributed by atoms with E-state index >= 15 is 0 Å². The fourth-order valence-corrected chi connectivity index (χ4v) is 2.68. The summed E-state index contributed by atoms with van der Waals surface area (Å²) in [5.41, 5.74) is 2.41. The number of rotatable bonds is 3. The third-order valence-electron chi connectivity index (χ3n) is 3.71. The Labute approximate surface area is 129 Å². The lowest BCUT2D eigenvalue weighted by atomic mass is 9.97. The summed E-state index contributed by atoms with van der Waals surface area (Å²) in [4.78, 5) is 20.6. The summed E-state index contributed by atoms with van der Waals surface area (Å²) < 4.78 is 5.74. The molecule has 0 saturated carbocycles. The summed E-state index contributed by atoms with van der Waals surface area (Å²) in [5.74, 6) is 1.68. The maximum absolute atomic E-state index is 12.2. The Bertz CT molecular complexity index is 680. The van der Waals surface area contributed by atoms with E-state index in [1.54, 1.807) is 13.0 Å². The molecular formula is C17H19N3O2. The fourth-order valence-electron chi connectivity index (χ4n) is 2.68. The van der Waals surface area contributed by atoms with E-state index < -0.39 is 0 Å². The first-order valence-electron chi connectivity index (χ1n) is 7.43. The van der Waals surface area contributed by atoms with E-state index in [1.807, 2.05) is 25.1 Å². The Balaban J connectivity index is 1.60. The van der Waals surface area contributed by atoms with Crippen LogP contribution in [0.15, 0.2) is 30.3 Å². The number of nitrogens with one attached hydrogen (secondary N) is 1. The van der Waals surface area contributed by atoms with Crippen LogP contribution in [0.4, 0.5) is 0 Å². The van der Waals surface area contributed by atoms with Gasteiger partial charge in [-0.3, -0.25) is 4.79 Å². The van der Waals surface area contributed by atoms with Crippen molar-refractivity contribution in [1.29, 1.82) is 0 Å². The van der Waals surface area contributed by atoms with Crippen molar-refractivity contribution in [3.05, 3.63) is 53.1 Å². The number of para-hydroxylation sites is 1. The summed E-state index contributed by atoms with van der Waals surface area (Å²) in [7, 11) is 0.